The third-order valence-electron chi connectivity index (χ3n) is 5.33. The molecule has 23 heavy (non-hydrogen) atoms. The molecule has 0 atom stereocenters. The maximum Gasteiger partial charge on any atom is 0.0602 e. The second-order valence-corrected chi connectivity index (χ2v) is 11.6. The van der Waals surface area contributed by atoms with Gasteiger partial charge in [-0.25, -0.2) is 0 Å². The van der Waals surface area contributed by atoms with Crippen molar-refractivity contribution in [3.63, 3.8) is 0 Å². The molecule has 1 aliphatic carbocycles. The lowest BCUT2D eigenvalue weighted by Gasteiger charge is -2.30. The fourth-order valence-electron chi connectivity index (χ4n) is 3.47. The van der Waals surface area contributed by atoms with Crippen molar-refractivity contribution >= 4 is 8.80 Å². The van der Waals surface area contributed by atoms with Crippen LogP contribution in [0.5, 0.6) is 0 Å². The van der Waals surface area contributed by atoms with E-state index in [0.29, 0.717) is 10.5 Å². The Balaban J connectivity index is 1.68. The van der Waals surface area contributed by atoms with Crippen molar-refractivity contribution in [1.29, 1.82) is 0 Å². The molecule has 3 rings (SSSR count). The van der Waals surface area contributed by atoms with Crippen LogP contribution in [-0.2, 0) is 11.5 Å². The van der Waals surface area contributed by atoms with E-state index in [2.05, 4.69) is 68.2 Å². The Morgan fingerprint density at radius 1 is 1.00 bits per heavy atom. The molecule has 2 heteroatoms. The Morgan fingerprint density at radius 2 is 1.70 bits per heavy atom. The summed E-state index contributed by atoms with van der Waals surface area (Å²) in [4.78, 5) is 4.58. The summed E-state index contributed by atoms with van der Waals surface area (Å²) in [5, 5.41) is 0.426. The predicted molar refractivity (Wildman–Crippen MR) is 100 cm³/mol. The fourth-order valence-corrected chi connectivity index (χ4v) is 6.35. The van der Waals surface area contributed by atoms with Gasteiger partial charge in [-0.1, -0.05) is 63.2 Å². The summed E-state index contributed by atoms with van der Waals surface area (Å²) < 4.78 is 0. The largest absolute Gasteiger partial charge is 0.262 e. The van der Waals surface area contributed by atoms with E-state index in [4.69, 9.17) is 0 Å². The minimum atomic E-state index is -0.475. The second kappa shape index (κ2) is 6.60. The summed E-state index contributed by atoms with van der Waals surface area (Å²) in [6, 6.07) is 20.1. The van der Waals surface area contributed by atoms with Gasteiger partial charge in [0.2, 0.25) is 0 Å². The molecule has 121 valence electrons. The Hall–Kier alpha value is -1.41. The van der Waals surface area contributed by atoms with Gasteiger partial charge in [-0.2, -0.15) is 0 Å². The van der Waals surface area contributed by atoms with E-state index in [1.165, 1.54) is 37.0 Å². The van der Waals surface area contributed by atoms with Gasteiger partial charge in [0, 0.05) is 11.9 Å². The minimum absolute atomic E-state index is 0.426. The highest BCUT2D eigenvalue weighted by atomic mass is 28.3. The van der Waals surface area contributed by atoms with Crippen molar-refractivity contribution in [2.24, 2.45) is 0 Å². The van der Waals surface area contributed by atoms with Crippen molar-refractivity contribution in [3.05, 3.63) is 66.0 Å². The quantitative estimate of drug-likeness (QED) is 0.633. The summed E-state index contributed by atoms with van der Waals surface area (Å²) in [6.45, 7) is 7.27. The first-order valence-electron chi connectivity index (χ1n) is 8.80. The summed E-state index contributed by atoms with van der Waals surface area (Å²) >= 11 is 0. The van der Waals surface area contributed by atoms with Crippen LogP contribution in [0, 0.1) is 0 Å². The first kappa shape index (κ1) is 16.4. The Labute approximate surface area is 142 Å². The van der Waals surface area contributed by atoms with Crippen LogP contribution in [0.25, 0.3) is 0 Å². The molecule has 0 saturated heterocycles. The zero-order valence-corrected chi connectivity index (χ0v) is 15.7. The molecule has 1 heterocycles. The van der Waals surface area contributed by atoms with Crippen LogP contribution in [-0.4, -0.2) is 13.8 Å². The number of aromatic nitrogens is 1. The van der Waals surface area contributed by atoms with Crippen molar-refractivity contribution in [2.45, 2.75) is 62.6 Å². The summed E-state index contributed by atoms with van der Waals surface area (Å²) in [5.74, 6) is 0. The van der Waals surface area contributed by atoms with Crippen LogP contribution < -0.4 is 0 Å². The maximum atomic E-state index is 4.58. The lowest BCUT2D eigenvalue weighted by Crippen LogP contribution is -2.30. The van der Waals surface area contributed by atoms with E-state index in [9.17, 15) is 0 Å². The van der Waals surface area contributed by atoms with E-state index in [1.54, 1.807) is 5.56 Å². The van der Waals surface area contributed by atoms with E-state index in [0.717, 1.165) is 0 Å². The molecule has 0 unspecified atom stereocenters. The van der Waals surface area contributed by atoms with Crippen LogP contribution in [0.3, 0.4) is 0 Å². The molecular weight excluding hydrogens is 294 g/mol. The topological polar surface area (TPSA) is 12.9 Å². The molecule has 1 radical (unpaired) electrons. The van der Waals surface area contributed by atoms with Gasteiger partial charge >= 0.3 is 0 Å². The van der Waals surface area contributed by atoms with Crippen molar-refractivity contribution in [3.8, 4) is 0 Å². The third-order valence-corrected chi connectivity index (χ3v) is 9.09. The third kappa shape index (κ3) is 4.11. The summed E-state index contributed by atoms with van der Waals surface area (Å²) in [6.07, 6.45) is 6.04. The van der Waals surface area contributed by atoms with Crippen LogP contribution in [0.2, 0.25) is 11.1 Å². The highest BCUT2D eigenvalue weighted by molar-refractivity contribution is 6.61. The monoisotopic (exact) mass is 322 g/mol. The normalized spacial score (nSPS) is 16.5. The Morgan fingerprint density at radius 3 is 2.26 bits per heavy atom. The summed E-state index contributed by atoms with van der Waals surface area (Å²) in [5.41, 5.74) is 3.33. The number of hydrogen-bond donors (Lipinski definition) is 0. The number of pyridine rings is 1. The SMILES string of the molecule is CC(C)(C)[Si](CCC1(c2ccccc2)CC1)Cc1ccccn1. The van der Waals surface area contributed by atoms with Crippen LogP contribution in [0.4, 0.5) is 0 Å². The highest BCUT2D eigenvalue weighted by Gasteiger charge is 2.44. The molecule has 1 aromatic heterocycles. The minimum Gasteiger partial charge on any atom is -0.262 e. The van der Waals surface area contributed by atoms with Gasteiger partial charge in [0.25, 0.3) is 0 Å². The smallest absolute Gasteiger partial charge is 0.0602 e. The van der Waals surface area contributed by atoms with E-state index >= 15 is 0 Å². The number of rotatable bonds is 6. The van der Waals surface area contributed by atoms with Gasteiger partial charge in [0.15, 0.2) is 0 Å². The van der Waals surface area contributed by atoms with Crippen molar-refractivity contribution in [1.82, 2.24) is 4.98 Å². The Kier molecular flexibility index (Phi) is 4.72. The fraction of sp³-hybridized carbons (Fsp3) is 0.476. The average molecular weight is 323 g/mol. The highest BCUT2D eigenvalue weighted by Crippen LogP contribution is 2.52. The van der Waals surface area contributed by atoms with Crippen LogP contribution >= 0.6 is 0 Å². The first-order chi connectivity index (χ1) is 11.0. The lowest BCUT2D eigenvalue weighted by atomic mass is 9.93. The van der Waals surface area contributed by atoms with Gasteiger partial charge in [-0.15, -0.1) is 0 Å². The van der Waals surface area contributed by atoms with Crippen molar-refractivity contribution < 1.29 is 0 Å². The molecule has 1 aromatic carbocycles. The van der Waals surface area contributed by atoms with E-state index < -0.39 is 8.80 Å². The van der Waals surface area contributed by atoms with Crippen LogP contribution in [0.15, 0.2) is 54.7 Å². The second-order valence-electron chi connectivity index (χ2n) is 8.00. The molecule has 0 amide bonds. The molecule has 2 aromatic rings. The number of nitrogens with zero attached hydrogens (tertiary/aromatic N) is 1. The molecular formula is C21H28NSi. The van der Waals surface area contributed by atoms with Crippen LogP contribution in [0.1, 0.15) is 51.3 Å². The maximum absolute atomic E-state index is 4.58. The molecule has 1 nitrogen and oxygen atoms in total. The van der Waals surface area contributed by atoms with Gasteiger partial charge in [0.05, 0.1) is 8.80 Å². The van der Waals surface area contributed by atoms with Gasteiger partial charge in [-0.05, 0) is 53.5 Å². The average Bonchev–Trinajstić information content (AvgIpc) is 3.33. The summed E-state index contributed by atoms with van der Waals surface area (Å²) in [7, 11) is -0.475. The molecule has 0 N–H and O–H groups in total. The molecule has 0 spiro atoms. The standard InChI is InChI=1S/C21H28NSi/c1-20(2,3)23(17-19-11-7-8-15-22-19)16-14-21(12-13-21)18-9-5-4-6-10-18/h4-11,15H,12-14,16-17H2,1-3H3. The molecule has 0 bridgehead atoms. The van der Waals surface area contributed by atoms with Crippen molar-refractivity contribution in [2.75, 3.05) is 0 Å². The molecule has 1 aliphatic rings. The van der Waals surface area contributed by atoms with Gasteiger partial charge < -0.3 is 0 Å². The van der Waals surface area contributed by atoms with E-state index in [1.807, 2.05) is 12.3 Å². The van der Waals surface area contributed by atoms with E-state index in [-0.39, 0.29) is 0 Å². The molecule has 1 saturated carbocycles. The predicted octanol–water partition coefficient (Wildman–Crippen LogP) is 5.58. The Bertz CT molecular complexity index is 611. The lowest BCUT2D eigenvalue weighted by molar-refractivity contribution is 0.639. The van der Waals surface area contributed by atoms with Gasteiger partial charge in [0.1, 0.15) is 0 Å². The first-order valence-corrected chi connectivity index (χ1v) is 10.7. The zero-order valence-electron chi connectivity index (χ0n) is 14.7. The number of hydrogen-bond acceptors (Lipinski definition) is 1. The molecule has 0 aliphatic heterocycles. The van der Waals surface area contributed by atoms with Gasteiger partial charge in [-0.3, -0.25) is 4.98 Å². The molecule has 1 fully saturated rings. The zero-order chi connectivity index (χ0) is 16.3. The number of benzene rings is 1.